The lowest BCUT2D eigenvalue weighted by molar-refractivity contribution is -0.118. The number of pyridine rings is 1. The molecule has 128 valence electrons. The van der Waals surface area contributed by atoms with Gasteiger partial charge in [-0.15, -0.1) is 0 Å². The molecule has 1 heterocycles. The highest BCUT2D eigenvalue weighted by atomic mass is 16.5. The minimum Gasteiger partial charge on any atom is -0.484 e. The van der Waals surface area contributed by atoms with Gasteiger partial charge in [0.05, 0.1) is 11.2 Å². The van der Waals surface area contributed by atoms with Crippen LogP contribution in [0.3, 0.4) is 0 Å². The Hall–Kier alpha value is -2.88. The molecule has 0 fully saturated rings. The minimum absolute atomic E-state index is 0.0379. The fraction of sp³-hybridized carbons (Fsp3) is 0.238. The van der Waals surface area contributed by atoms with Crippen molar-refractivity contribution in [3.8, 4) is 5.75 Å². The standard InChI is InChI=1S/C21H22N2O2/c1-21(2,3)16-9-5-10-17(13-16)25-14-19(24)23-18-11-4-7-15-8-6-12-22-20(15)18/h4-13H,14H2,1-3H3,(H,23,24). The van der Waals surface area contributed by atoms with Crippen LogP contribution in [0.1, 0.15) is 26.3 Å². The number of hydrogen-bond donors (Lipinski definition) is 1. The van der Waals surface area contributed by atoms with Gasteiger partial charge in [-0.25, -0.2) is 0 Å². The highest BCUT2D eigenvalue weighted by molar-refractivity contribution is 6.00. The van der Waals surface area contributed by atoms with E-state index in [-0.39, 0.29) is 17.9 Å². The van der Waals surface area contributed by atoms with Crippen molar-refractivity contribution >= 4 is 22.5 Å². The molecule has 0 aliphatic rings. The van der Waals surface area contributed by atoms with Gasteiger partial charge in [0, 0.05) is 11.6 Å². The normalized spacial score (nSPS) is 11.3. The van der Waals surface area contributed by atoms with Crippen LogP contribution in [0, 0.1) is 0 Å². The summed E-state index contributed by atoms with van der Waals surface area (Å²) in [5.41, 5.74) is 2.67. The molecule has 0 radical (unpaired) electrons. The van der Waals surface area contributed by atoms with Crippen LogP contribution in [0.15, 0.2) is 60.8 Å². The highest BCUT2D eigenvalue weighted by Crippen LogP contribution is 2.25. The topological polar surface area (TPSA) is 51.2 Å². The van der Waals surface area contributed by atoms with Crippen LogP contribution in [0.25, 0.3) is 10.9 Å². The van der Waals surface area contributed by atoms with E-state index in [1.165, 1.54) is 5.56 Å². The zero-order valence-corrected chi connectivity index (χ0v) is 14.7. The first kappa shape index (κ1) is 17.0. The Morgan fingerprint density at radius 1 is 1.08 bits per heavy atom. The molecule has 1 aromatic heterocycles. The number of anilines is 1. The molecular formula is C21H22N2O2. The number of nitrogens with one attached hydrogen (secondary N) is 1. The minimum atomic E-state index is -0.209. The molecule has 0 bridgehead atoms. The van der Waals surface area contributed by atoms with Crippen molar-refractivity contribution in [1.82, 2.24) is 4.98 Å². The lowest BCUT2D eigenvalue weighted by Gasteiger charge is -2.19. The number of fused-ring (bicyclic) bond motifs is 1. The first-order chi connectivity index (χ1) is 11.9. The van der Waals surface area contributed by atoms with Gasteiger partial charge in [-0.3, -0.25) is 9.78 Å². The third kappa shape index (κ3) is 4.15. The molecule has 0 saturated carbocycles. The number of carbonyl (C=O) groups is 1. The summed E-state index contributed by atoms with van der Waals surface area (Å²) in [6.45, 7) is 6.39. The van der Waals surface area contributed by atoms with Gasteiger partial charge in [0.15, 0.2) is 6.61 Å². The zero-order chi connectivity index (χ0) is 17.9. The van der Waals surface area contributed by atoms with Crippen LogP contribution >= 0.6 is 0 Å². The summed E-state index contributed by atoms with van der Waals surface area (Å²) in [5, 5.41) is 3.86. The van der Waals surface area contributed by atoms with Crippen molar-refractivity contribution in [2.24, 2.45) is 0 Å². The first-order valence-corrected chi connectivity index (χ1v) is 8.30. The van der Waals surface area contributed by atoms with Crippen molar-refractivity contribution in [3.63, 3.8) is 0 Å². The third-order valence-corrected chi connectivity index (χ3v) is 3.98. The van der Waals surface area contributed by atoms with Crippen LogP contribution in [-0.2, 0) is 10.2 Å². The Morgan fingerprint density at radius 2 is 1.84 bits per heavy atom. The second kappa shape index (κ2) is 6.93. The number of hydrogen-bond acceptors (Lipinski definition) is 3. The number of rotatable bonds is 4. The first-order valence-electron chi connectivity index (χ1n) is 8.30. The Balaban J connectivity index is 1.67. The van der Waals surface area contributed by atoms with Crippen LogP contribution in [0.4, 0.5) is 5.69 Å². The van der Waals surface area contributed by atoms with Gasteiger partial charge in [-0.2, -0.15) is 0 Å². The number of nitrogens with zero attached hydrogens (tertiary/aromatic N) is 1. The van der Waals surface area contributed by atoms with Crippen molar-refractivity contribution in [1.29, 1.82) is 0 Å². The van der Waals surface area contributed by atoms with Gasteiger partial charge in [0.1, 0.15) is 5.75 Å². The molecule has 3 rings (SSSR count). The molecule has 1 N–H and O–H groups in total. The molecule has 0 atom stereocenters. The monoisotopic (exact) mass is 334 g/mol. The smallest absolute Gasteiger partial charge is 0.262 e. The van der Waals surface area contributed by atoms with Gasteiger partial charge in [-0.1, -0.05) is 51.1 Å². The fourth-order valence-electron chi connectivity index (χ4n) is 2.59. The van der Waals surface area contributed by atoms with Crippen molar-refractivity contribution in [2.75, 3.05) is 11.9 Å². The number of para-hydroxylation sites is 1. The molecule has 1 amide bonds. The third-order valence-electron chi connectivity index (χ3n) is 3.98. The van der Waals surface area contributed by atoms with Crippen molar-refractivity contribution < 1.29 is 9.53 Å². The van der Waals surface area contributed by atoms with E-state index in [2.05, 4.69) is 37.1 Å². The van der Waals surface area contributed by atoms with Crippen molar-refractivity contribution in [2.45, 2.75) is 26.2 Å². The zero-order valence-electron chi connectivity index (χ0n) is 14.7. The summed E-state index contributed by atoms with van der Waals surface area (Å²) in [5.74, 6) is 0.484. The van der Waals surface area contributed by atoms with E-state index >= 15 is 0 Å². The maximum atomic E-state index is 12.2. The molecule has 0 aliphatic carbocycles. The fourth-order valence-corrected chi connectivity index (χ4v) is 2.59. The second-order valence-electron chi connectivity index (χ2n) is 7.00. The molecular weight excluding hydrogens is 312 g/mol. The Labute approximate surface area is 147 Å². The summed E-state index contributed by atoms with van der Waals surface area (Å²) in [4.78, 5) is 16.6. The SMILES string of the molecule is CC(C)(C)c1cccc(OCC(=O)Nc2cccc3cccnc23)c1. The van der Waals surface area contributed by atoms with Crippen LogP contribution in [0.2, 0.25) is 0 Å². The lowest BCUT2D eigenvalue weighted by atomic mass is 9.87. The highest BCUT2D eigenvalue weighted by Gasteiger charge is 2.14. The van der Waals surface area contributed by atoms with Gasteiger partial charge in [0.25, 0.3) is 5.91 Å². The number of carbonyl (C=O) groups excluding carboxylic acids is 1. The van der Waals surface area contributed by atoms with Gasteiger partial charge in [0.2, 0.25) is 0 Å². The molecule has 4 heteroatoms. The molecule has 25 heavy (non-hydrogen) atoms. The average Bonchev–Trinajstić information content (AvgIpc) is 2.60. The Morgan fingerprint density at radius 3 is 2.64 bits per heavy atom. The van der Waals surface area contributed by atoms with Crippen LogP contribution < -0.4 is 10.1 Å². The number of aromatic nitrogens is 1. The molecule has 0 saturated heterocycles. The van der Waals surface area contributed by atoms with Gasteiger partial charge in [-0.05, 0) is 35.2 Å². The number of amides is 1. The summed E-state index contributed by atoms with van der Waals surface area (Å²) >= 11 is 0. The predicted molar refractivity (Wildman–Crippen MR) is 101 cm³/mol. The maximum absolute atomic E-state index is 12.2. The lowest BCUT2D eigenvalue weighted by Crippen LogP contribution is -2.20. The molecule has 3 aromatic rings. The summed E-state index contributed by atoms with van der Waals surface area (Å²) in [6.07, 6.45) is 1.71. The summed E-state index contributed by atoms with van der Waals surface area (Å²) in [7, 11) is 0. The quantitative estimate of drug-likeness (QED) is 0.761. The average molecular weight is 334 g/mol. The van der Waals surface area contributed by atoms with E-state index in [0.29, 0.717) is 11.4 Å². The van der Waals surface area contributed by atoms with E-state index in [1.54, 1.807) is 6.20 Å². The largest absolute Gasteiger partial charge is 0.484 e. The number of benzene rings is 2. The van der Waals surface area contributed by atoms with Crippen LogP contribution in [-0.4, -0.2) is 17.5 Å². The Bertz CT molecular complexity index is 892. The van der Waals surface area contributed by atoms with E-state index in [9.17, 15) is 4.79 Å². The molecule has 0 spiro atoms. The predicted octanol–water partition coefficient (Wildman–Crippen LogP) is 4.55. The van der Waals surface area contributed by atoms with E-state index in [4.69, 9.17) is 4.74 Å². The van der Waals surface area contributed by atoms with Crippen LogP contribution in [0.5, 0.6) is 5.75 Å². The van der Waals surface area contributed by atoms with Gasteiger partial charge >= 0.3 is 0 Å². The summed E-state index contributed by atoms with van der Waals surface area (Å²) in [6, 6.07) is 17.4. The maximum Gasteiger partial charge on any atom is 0.262 e. The van der Waals surface area contributed by atoms with Gasteiger partial charge < -0.3 is 10.1 Å². The van der Waals surface area contributed by atoms with E-state index < -0.39 is 0 Å². The van der Waals surface area contributed by atoms with E-state index in [1.807, 2.05) is 48.5 Å². The second-order valence-corrected chi connectivity index (χ2v) is 7.00. The number of ether oxygens (including phenoxy) is 1. The molecule has 2 aromatic carbocycles. The van der Waals surface area contributed by atoms with Crippen molar-refractivity contribution in [3.05, 3.63) is 66.4 Å². The van der Waals surface area contributed by atoms with E-state index in [0.717, 1.165) is 10.9 Å². The molecule has 0 unspecified atom stereocenters. The molecule has 4 nitrogen and oxygen atoms in total. The Kier molecular flexibility index (Phi) is 4.70. The summed E-state index contributed by atoms with van der Waals surface area (Å²) < 4.78 is 5.66. The molecule has 0 aliphatic heterocycles.